The lowest BCUT2D eigenvalue weighted by atomic mass is 10.0. The van der Waals surface area contributed by atoms with Crippen LogP contribution in [0.15, 0.2) is 17.0 Å². The number of hydrogen-bond donors (Lipinski definition) is 1. The van der Waals surface area contributed by atoms with Crippen LogP contribution in [0, 0.1) is 0 Å². The molecular weight excluding hydrogens is 214 g/mol. The standard InChI is InChI=1S/C14H19NS/c1-9(2)15-13-8-16-14-7-11-5-3-4-10(11)6-12(13)14/h6-7,9,13,15H,3-5,8H2,1-2H3. The van der Waals surface area contributed by atoms with Gasteiger partial charge in [0.05, 0.1) is 0 Å². The molecule has 86 valence electrons. The monoisotopic (exact) mass is 233 g/mol. The number of fused-ring (bicyclic) bond motifs is 2. The second-order valence-corrected chi connectivity index (χ2v) is 6.26. The van der Waals surface area contributed by atoms with Crippen molar-refractivity contribution in [2.75, 3.05) is 5.75 Å². The summed E-state index contributed by atoms with van der Waals surface area (Å²) in [7, 11) is 0. The highest BCUT2D eigenvalue weighted by molar-refractivity contribution is 7.99. The third kappa shape index (κ3) is 1.78. The smallest absolute Gasteiger partial charge is 0.0428 e. The van der Waals surface area contributed by atoms with Crippen LogP contribution in [0.2, 0.25) is 0 Å². The van der Waals surface area contributed by atoms with E-state index in [4.69, 9.17) is 0 Å². The number of thioether (sulfide) groups is 1. The molecule has 1 atom stereocenters. The van der Waals surface area contributed by atoms with Crippen LogP contribution in [0.4, 0.5) is 0 Å². The quantitative estimate of drug-likeness (QED) is 0.841. The minimum absolute atomic E-state index is 0.574. The Labute approximate surface area is 102 Å². The van der Waals surface area contributed by atoms with Gasteiger partial charge in [0.15, 0.2) is 0 Å². The normalized spacial score (nSPS) is 22.6. The Morgan fingerprint density at radius 1 is 1.25 bits per heavy atom. The Hall–Kier alpha value is -0.470. The fraction of sp³-hybridized carbons (Fsp3) is 0.571. The topological polar surface area (TPSA) is 12.0 Å². The molecule has 0 saturated carbocycles. The van der Waals surface area contributed by atoms with Crippen LogP contribution in [0.1, 0.15) is 43.0 Å². The third-order valence-electron chi connectivity index (χ3n) is 3.54. The first kappa shape index (κ1) is 10.7. The maximum atomic E-state index is 3.67. The Balaban J connectivity index is 1.93. The zero-order valence-corrected chi connectivity index (χ0v) is 10.9. The molecular formula is C14H19NS. The van der Waals surface area contributed by atoms with Crippen molar-refractivity contribution in [3.8, 4) is 0 Å². The predicted octanol–water partition coefficient (Wildman–Crippen LogP) is 3.32. The van der Waals surface area contributed by atoms with Crippen molar-refractivity contribution in [3.63, 3.8) is 0 Å². The second kappa shape index (κ2) is 4.08. The molecule has 1 nitrogen and oxygen atoms in total. The molecule has 0 radical (unpaired) electrons. The molecule has 0 saturated heterocycles. The van der Waals surface area contributed by atoms with Crippen molar-refractivity contribution in [2.24, 2.45) is 0 Å². The third-order valence-corrected chi connectivity index (χ3v) is 4.70. The second-order valence-electron chi connectivity index (χ2n) is 5.20. The molecule has 0 bridgehead atoms. The molecule has 0 amide bonds. The SMILES string of the molecule is CC(C)NC1CSc2cc3c(cc21)CCC3. The van der Waals surface area contributed by atoms with Gasteiger partial charge in [-0.15, -0.1) is 11.8 Å². The first-order chi connectivity index (χ1) is 7.74. The number of benzene rings is 1. The lowest BCUT2D eigenvalue weighted by Gasteiger charge is -2.17. The molecule has 0 spiro atoms. The van der Waals surface area contributed by atoms with Gasteiger partial charge in [0.2, 0.25) is 0 Å². The van der Waals surface area contributed by atoms with Crippen LogP contribution in [0.5, 0.6) is 0 Å². The van der Waals surface area contributed by atoms with Gasteiger partial charge in [0.1, 0.15) is 0 Å². The first-order valence-corrected chi connectivity index (χ1v) is 7.27. The van der Waals surface area contributed by atoms with E-state index in [-0.39, 0.29) is 0 Å². The van der Waals surface area contributed by atoms with E-state index >= 15 is 0 Å². The van der Waals surface area contributed by atoms with Crippen LogP contribution >= 0.6 is 11.8 Å². The van der Waals surface area contributed by atoms with Crippen molar-refractivity contribution in [3.05, 3.63) is 28.8 Å². The maximum absolute atomic E-state index is 3.67. The lowest BCUT2D eigenvalue weighted by molar-refractivity contribution is 0.512. The summed E-state index contributed by atoms with van der Waals surface area (Å²) >= 11 is 2.02. The summed E-state index contributed by atoms with van der Waals surface area (Å²) in [5.41, 5.74) is 4.77. The van der Waals surface area contributed by atoms with E-state index in [2.05, 4.69) is 31.3 Å². The molecule has 2 heteroatoms. The highest BCUT2D eigenvalue weighted by Crippen LogP contribution is 2.41. The van der Waals surface area contributed by atoms with Gasteiger partial charge in [-0.1, -0.05) is 19.9 Å². The van der Waals surface area contributed by atoms with Crippen LogP contribution < -0.4 is 5.32 Å². The number of nitrogens with one attached hydrogen (secondary N) is 1. The summed E-state index contributed by atoms with van der Waals surface area (Å²) in [4.78, 5) is 1.53. The molecule has 1 aliphatic carbocycles. The van der Waals surface area contributed by atoms with Gasteiger partial charge in [-0.3, -0.25) is 0 Å². The van der Waals surface area contributed by atoms with Crippen molar-refractivity contribution >= 4 is 11.8 Å². The van der Waals surface area contributed by atoms with Gasteiger partial charge >= 0.3 is 0 Å². The Kier molecular flexibility index (Phi) is 2.72. The largest absolute Gasteiger partial charge is 0.307 e. The van der Waals surface area contributed by atoms with Crippen LogP contribution in [-0.4, -0.2) is 11.8 Å². The van der Waals surface area contributed by atoms with E-state index in [1.54, 1.807) is 16.7 Å². The van der Waals surface area contributed by atoms with Crippen LogP contribution in [0.25, 0.3) is 0 Å². The summed E-state index contributed by atoms with van der Waals surface area (Å²) in [5, 5.41) is 3.67. The molecule has 1 aliphatic heterocycles. The van der Waals surface area contributed by atoms with Crippen molar-refractivity contribution in [1.29, 1.82) is 0 Å². The van der Waals surface area contributed by atoms with Gasteiger partial charge in [-0.05, 0) is 42.0 Å². The van der Waals surface area contributed by atoms with Crippen LogP contribution in [0.3, 0.4) is 0 Å². The van der Waals surface area contributed by atoms with E-state index in [0.29, 0.717) is 12.1 Å². The van der Waals surface area contributed by atoms with E-state index < -0.39 is 0 Å². The van der Waals surface area contributed by atoms with Gasteiger partial charge in [-0.2, -0.15) is 0 Å². The first-order valence-electron chi connectivity index (χ1n) is 6.28. The highest BCUT2D eigenvalue weighted by atomic mass is 32.2. The summed E-state index contributed by atoms with van der Waals surface area (Å²) in [6, 6.07) is 6.07. The summed E-state index contributed by atoms with van der Waals surface area (Å²) < 4.78 is 0. The van der Waals surface area contributed by atoms with Crippen molar-refractivity contribution in [2.45, 2.75) is 50.1 Å². The molecule has 1 N–H and O–H groups in total. The van der Waals surface area contributed by atoms with Gasteiger partial charge < -0.3 is 5.32 Å². The summed E-state index contributed by atoms with van der Waals surface area (Å²) in [5.74, 6) is 1.20. The minimum Gasteiger partial charge on any atom is -0.307 e. The fourth-order valence-corrected chi connectivity index (χ4v) is 4.04. The van der Waals surface area contributed by atoms with Crippen molar-refractivity contribution in [1.82, 2.24) is 5.32 Å². The van der Waals surface area contributed by atoms with Gasteiger partial charge in [0, 0.05) is 22.7 Å². The fourth-order valence-electron chi connectivity index (χ4n) is 2.82. The maximum Gasteiger partial charge on any atom is 0.0428 e. The summed E-state index contributed by atoms with van der Waals surface area (Å²) in [6.07, 6.45) is 3.94. The van der Waals surface area contributed by atoms with Gasteiger partial charge in [0.25, 0.3) is 0 Å². The number of aryl methyl sites for hydroxylation is 2. The van der Waals surface area contributed by atoms with Crippen molar-refractivity contribution < 1.29 is 0 Å². The number of hydrogen-bond acceptors (Lipinski definition) is 2. The minimum atomic E-state index is 0.574. The molecule has 0 fully saturated rings. The Morgan fingerprint density at radius 3 is 2.75 bits per heavy atom. The van der Waals surface area contributed by atoms with Gasteiger partial charge in [-0.25, -0.2) is 0 Å². The molecule has 1 heterocycles. The molecule has 0 aromatic heterocycles. The zero-order valence-electron chi connectivity index (χ0n) is 10.0. The molecule has 1 unspecified atom stereocenters. The zero-order chi connectivity index (χ0) is 11.1. The Bertz CT molecular complexity index is 411. The van der Waals surface area contributed by atoms with E-state index in [1.807, 2.05) is 11.8 Å². The highest BCUT2D eigenvalue weighted by Gasteiger charge is 2.26. The average Bonchev–Trinajstić information content (AvgIpc) is 2.81. The predicted molar refractivity (Wildman–Crippen MR) is 70.2 cm³/mol. The molecule has 3 rings (SSSR count). The Morgan fingerprint density at radius 2 is 2.00 bits per heavy atom. The average molecular weight is 233 g/mol. The summed E-state index contributed by atoms with van der Waals surface area (Å²) in [6.45, 7) is 4.46. The molecule has 2 aliphatic rings. The van der Waals surface area contributed by atoms with E-state index in [9.17, 15) is 0 Å². The molecule has 1 aromatic carbocycles. The number of rotatable bonds is 2. The van der Waals surface area contributed by atoms with E-state index in [1.165, 1.54) is 29.9 Å². The lowest BCUT2D eigenvalue weighted by Crippen LogP contribution is -2.28. The van der Waals surface area contributed by atoms with E-state index in [0.717, 1.165) is 0 Å². The molecule has 16 heavy (non-hydrogen) atoms. The van der Waals surface area contributed by atoms with Crippen LogP contribution in [-0.2, 0) is 12.8 Å². The molecule has 1 aromatic rings.